The summed E-state index contributed by atoms with van der Waals surface area (Å²) in [7, 11) is 0. The fraction of sp³-hybridized carbons (Fsp3) is 0.308. The monoisotopic (exact) mass is 217 g/mol. The molecule has 0 fully saturated rings. The van der Waals surface area contributed by atoms with E-state index in [0.29, 0.717) is 17.7 Å². The lowest BCUT2D eigenvalue weighted by Crippen LogP contribution is -2.28. The van der Waals surface area contributed by atoms with E-state index in [1.807, 2.05) is 31.2 Å². The van der Waals surface area contributed by atoms with Crippen LogP contribution in [0.4, 0.5) is 0 Å². The van der Waals surface area contributed by atoms with Crippen LogP contribution in [0.25, 0.3) is 0 Å². The van der Waals surface area contributed by atoms with Crippen molar-refractivity contribution in [2.24, 2.45) is 0 Å². The van der Waals surface area contributed by atoms with Gasteiger partial charge in [-0.3, -0.25) is 4.79 Å². The topological polar surface area (TPSA) is 40.5 Å². The average Bonchev–Trinajstić information content (AvgIpc) is 2.55. The molecule has 0 aromatic heterocycles. The number of carbonyl (C=O) groups is 1. The molecule has 1 aliphatic heterocycles. The van der Waals surface area contributed by atoms with Gasteiger partial charge < -0.3 is 10.0 Å². The van der Waals surface area contributed by atoms with Crippen LogP contribution in [0.3, 0.4) is 0 Å². The van der Waals surface area contributed by atoms with Crippen LogP contribution >= 0.6 is 0 Å². The molecule has 0 spiro atoms. The molecule has 1 aromatic carbocycles. The average molecular weight is 217 g/mol. The minimum Gasteiger partial charge on any atom is -0.369 e. The highest BCUT2D eigenvalue weighted by Crippen LogP contribution is 2.31. The molecule has 3 nitrogen and oxygen atoms in total. The second-order valence-electron chi connectivity index (χ2n) is 3.82. The molecule has 0 bridgehead atoms. The second kappa shape index (κ2) is 4.49. The molecule has 2 rings (SSSR count). The first-order valence-electron chi connectivity index (χ1n) is 5.45. The Morgan fingerprint density at radius 2 is 2.19 bits per heavy atom. The van der Waals surface area contributed by atoms with Gasteiger partial charge in [-0.1, -0.05) is 30.4 Å². The van der Waals surface area contributed by atoms with E-state index in [4.69, 9.17) is 0 Å². The Labute approximate surface area is 95.0 Å². The number of nitrogens with zero attached hydrogens (tertiary/aromatic N) is 1. The van der Waals surface area contributed by atoms with Crippen molar-refractivity contribution >= 4 is 5.91 Å². The number of aliphatic hydroxyl groups excluding tert-OH is 1. The molecule has 1 atom stereocenters. The summed E-state index contributed by atoms with van der Waals surface area (Å²) in [5, 5.41) is 9.99. The van der Waals surface area contributed by atoms with E-state index in [9.17, 15) is 9.90 Å². The first-order chi connectivity index (χ1) is 7.75. The number of amides is 1. The van der Waals surface area contributed by atoms with Gasteiger partial charge in [-0.15, -0.1) is 0 Å². The van der Waals surface area contributed by atoms with E-state index in [1.54, 1.807) is 12.1 Å². The minimum atomic E-state index is -0.783. The number of hydrogen-bond acceptors (Lipinski definition) is 2. The van der Waals surface area contributed by atoms with E-state index >= 15 is 0 Å². The second-order valence-corrected chi connectivity index (χ2v) is 3.82. The maximum Gasteiger partial charge on any atom is 0.256 e. The van der Waals surface area contributed by atoms with Crippen molar-refractivity contribution in [1.29, 1.82) is 0 Å². The van der Waals surface area contributed by atoms with Gasteiger partial charge in [0.1, 0.15) is 0 Å². The fourth-order valence-corrected chi connectivity index (χ4v) is 1.95. The molecular weight excluding hydrogens is 202 g/mol. The third kappa shape index (κ3) is 1.74. The fourth-order valence-electron chi connectivity index (χ4n) is 1.95. The lowest BCUT2D eigenvalue weighted by molar-refractivity contribution is 0.0185. The van der Waals surface area contributed by atoms with Gasteiger partial charge in [-0.25, -0.2) is 0 Å². The van der Waals surface area contributed by atoms with Crippen molar-refractivity contribution in [3.05, 3.63) is 47.5 Å². The third-order valence-electron chi connectivity index (χ3n) is 2.80. The molecule has 3 heteroatoms. The van der Waals surface area contributed by atoms with Gasteiger partial charge in [-0.05, 0) is 19.4 Å². The van der Waals surface area contributed by atoms with Crippen LogP contribution in [0.2, 0.25) is 0 Å². The first-order valence-corrected chi connectivity index (χ1v) is 5.45. The standard InChI is InChI=1S/C13H15NO2/c1-2-3-6-9-14-12(15)10-7-4-5-8-11(10)13(14)16/h2-5,7-8,12,15H,6,9H2,1H3/b3-2+. The predicted molar refractivity (Wildman–Crippen MR) is 61.9 cm³/mol. The van der Waals surface area contributed by atoms with E-state index < -0.39 is 6.23 Å². The normalized spacial score (nSPS) is 19.5. The van der Waals surface area contributed by atoms with Gasteiger partial charge in [0, 0.05) is 17.7 Å². The van der Waals surface area contributed by atoms with E-state index in [0.717, 1.165) is 6.42 Å². The minimum absolute atomic E-state index is 0.0763. The summed E-state index contributed by atoms with van der Waals surface area (Å²) in [4.78, 5) is 13.4. The number of benzene rings is 1. The van der Waals surface area contributed by atoms with E-state index in [2.05, 4.69) is 0 Å². The van der Waals surface area contributed by atoms with Crippen molar-refractivity contribution in [1.82, 2.24) is 4.90 Å². The highest BCUT2D eigenvalue weighted by Gasteiger charge is 2.34. The van der Waals surface area contributed by atoms with Crippen molar-refractivity contribution in [3.63, 3.8) is 0 Å². The lowest BCUT2D eigenvalue weighted by Gasteiger charge is -2.19. The quantitative estimate of drug-likeness (QED) is 0.788. The molecule has 1 amide bonds. The maximum atomic E-state index is 11.9. The van der Waals surface area contributed by atoms with Gasteiger partial charge in [-0.2, -0.15) is 0 Å². The van der Waals surface area contributed by atoms with Gasteiger partial charge in [0.25, 0.3) is 5.91 Å². The molecule has 1 heterocycles. The first kappa shape index (κ1) is 10.9. The number of allylic oxidation sites excluding steroid dienone is 1. The molecule has 0 radical (unpaired) electrons. The molecule has 1 unspecified atom stereocenters. The van der Waals surface area contributed by atoms with Crippen LogP contribution in [0, 0.1) is 0 Å². The largest absolute Gasteiger partial charge is 0.369 e. The maximum absolute atomic E-state index is 11.9. The zero-order chi connectivity index (χ0) is 11.5. The predicted octanol–water partition coefficient (Wildman–Crippen LogP) is 2.10. The van der Waals surface area contributed by atoms with Gasteiger partial charge in [0.2, 0.25) is 0 Å². The Balaban J connectivity index is 2.18. The van der Waals surface area contributed by atoms with Crippen molar-refractivity contribution < 1.29 is 9.90 Å². The summed E-state index contributed by atoms with van der Waals surface area (Å²) in [6, 6.07) is 7.22. The van der Waals surface area contributed by atoms with Gasteiger partial charge in [0.05, 0.1) is 0 Å². The zero-order valence-electron chi connectivity index (χ0n) is 9.26. The number of fused-ring (bicyclic) bond motifs is 1. The zero-order valence-corrected chi connectivity index (χ0v) is 9.26. The van der Waals surface area contributed by atoms with Gasteiger partial charge in [0.15, 0.2) is 6.23 Å². The Bertz CT molecular complexity index is 426. The van der Waals surface area contributed by atoms with E-state index in [-0.39, 0.29) is 5.91 Å². The summed E-state index contributed by atoms with van der Waals surface area (Å²) in [5.41, 5.74) is 1.34. The highest BCUT2D eigenvalue weighted by atomic mass is 16.3. The molecular formula is C13H15NO2. The Morgan fingerprint density at radius 3 is 2.88 bits per heavy atom. The van der Waals surface area contributed by atoms with Crippen molar-refractivity contribution in [2.75, 3.05) is 6.54 Å². The molecule has 1 aliphatic rings. The van der Waals surface area contributed by atoms with Crippen molar-refractivity contribution in [3.8, 4) is 0 Å². The van der Waals surface area contributed by atoms with Crippen LogP contribution in [0.1, 0.15) is 35.5 Å². The smallest absolute Gasteiger partial charge is 0.256 e. The number of carbonyl (C=O) groups excluding carboxylic acids is 1. The molecule has 16 heavy (non-hydrogen) atoms. The van der Waals surface area contributed by atoms with Crippen LogP contribution in [0.15, 0.2) is 36.4 Å². The summed E-state index contributed by atoms with van der Waals surface area (Å²) >= 11 is 0. The van der Waals surface area contributed by atoms with Gasteiger partial charge >= 0.3 is 0 Å². The van der Waals surface area contributed by atoms with Crippen molar-refractivity contribution in [2.45, 2.75) is 19.6 Å². The summed E-state index contributed by atoms with van der Waals surface area (Å²) in [6.07, 6.45) is 3.92. The molecule has 0 aliphatic carbocycles. The Hall–Kier alpha value is -1.61. The molecule has 84 valence electrons. The van der Waals surface area contributed by atoms with E-state index in [1.165, 1.54) is 4.90 Å². The highest BCUT2D eigenvalue weighted by molar-refractivity contribution is 5.98. The van der Waals surface area contributed by atoms with Crippen LogP contribution in [0.5, 0.6) is 0 Å². The molecule has 0 saturated heterocycles. The number of rotatable bonds is 3. The lowest BCUT2D eigenvalue weighted by atomic mass is 10.1. The van der Waals surface area contributed by atoms with Crippen LogP contribution in [-0.4, -0.2) is 22.5 Å². The number of aliphatic hydroxyl groups is 1. The summed E-state index contributed by atoms with van der Waals surface area (Å²) in [6.45, 7) is 2.50. The molecule has 1 aromatic rings. The van der Waals surface area contributed by atoms with Crippen LogP contribution in [-0.2, 0) is 0 Å². The molecule has 1 N–H and O–H groups in total. The SMILES string of the molecule is C/C=C/CCN1C(=O)c2ccccc2C1O. The number of hydrogen-bond donors (Lipinski definition) is 1. The third-order valence-corrected chi connectivity index (χ3v) is 2.80. The Kier molecular flexibility index (Phi) is 3.06. The Morgan fingerprint density at radius 1 is 1.44 bits per heavy atom. The summed E-state index contributed by atoms with van der Waals surface area (Å²) < 4.78 is 0. The molecule has 0 saturated carbocycles. The summed E-state index contributed by atoms with van der Waals surface area (Å²) in [5.74, 6) is -0.0763. The van der Waals surface area contributed by atoms with Crippen LogP contribution < -0.4 is 0 Å².